The standard InChI is InChI=1S/C26H21ClFNO4/c1-3-15-4-8-18(9-5-15)29-23(16-7-11-21(30)19(27)13-16)22(25(32)26(29)33)24(31)17-6-10-20(28)14(2)12-17/h4-13,23,30-31H,3H2,1-2H3/b24-22-. The Morgan fingerprint density at radius 1 is 1.06 bits per heavy atom. The van der Waals surface area contributed by atoms with Gasteiger partial charge in [-0.2, -0.15) is 0 Å². The van der Waals surface area contributed by atoms with Crippen molar-refractivity contribution >= 4 is 34.7 Å². The maximum Gasteiger partial charge on any atom is 0.300 e. The van der Waals surface area contributed by atoms with Crippen molar-refractivity contribution in [3.63, 3.8) is 0 Å². The molecule has 1 fully saturated rings. The van der Waals surface area contributed by atoms with Gasteiger partial charge in [-0.05, 0) is 72.5 Å². The van der Waals surface area contributed by atoms with E-state index in [-0.39, 0.29) is 27.5 Å². The Hall–Kier alpha value is -3.64. The van der Waals surface area contributed by atoms with Crippen molar-refractivity contribution in [1.29, 1.82) is 0 Å². The first-order valence-corrected chi connectivity index (χ1v) is 10.8. The smallest absolute Gasteiger partial charge is 0.300 e. The number of hydrogen-bond acceptors (Lipinski definition) is 4. The van der Waals surface area contributed by atoms with Gasteiger partial charge in [-0.3, -0.25) is 14.5 Å². The molecule has 5 nitrogen and oxygen atoms in total. The summed E-state index contributed by atoms with van der Waals surface area (Å²) in [5.74, 6) is -2.71. The largest absolute Gasteiger partial charge is 0.507 e. The van der Waals surface area contributed by atoms with Gasteiger partial charge in [-0.25, -0.2) is 4.39 Å². The number of phenols is 1. The van der Waals surface area contributed by atoms with Crippen molar-refractivity contribution in [3.8, 4) is 5.75 Å². The molecule has 0 aliphatic carbocycles. The highest BCUT2D eigenvalue weighted by Gasteiger charge is 2.47. The Labute approximate surface area is 195 Å². The molecule has 3 aromatic rings. The number of anilines is 1. The molecule has 33 heavy (non-hydrogen) atoms. The van der Waals surface area contributed by atoms with Crippen molar-refractivity contribution in [1.82, 2.24) is 0 Å². The van der Waals surface area contributed by atoms with Crippen LogP contribution in [0.1, 0.15) is 35.2 Å². The molecule has 0 aromatic heterocycles. The Bertz CT molecular complexity index is 1300. The zero-order chi connectivity index (χ0) is 23.9. The van der Waals surface area contributed by atoms with Crippen LogP contribution in [0.4, 0.5) is 10.1 Å². The summed E-state index contributed by atoms with van der Waals surface area (Å²) in [6.07, 6.45) is 0.806. The number of hydrogen-bond donors (Lipinski definition) is 2. The zero-order valence-corrected chi connectivity index (χ0v) is 18.7. The van der Waals surface area contributed by atoms with E-state index in [0.29, 0.717) is 11.3 Å². The van der Waals surface area contributed by atoms with Crippen LogP contribution in [0.3, 0.4) is 0 Å². The number of carbonyl (C=O) groups excluding carboxylic acids is 2. The average Bonchev–Trinajstić information content (AvgIpc) is 3.07. The van der Waals surface area contributed by atoms with Crippen LogP contribution in [0.2, 0.25) is 5.02 Å². The maximum absolute atomic E-state index is 13.8. The van der Waals surface area contributed by atoms with Gasteiger partial charge >= 0.3 is 0 Å². The fourth-order valence-electron chi connectivity index (χ4n) is 3.95. The van der Waals surface area contributed by atoms with Crippen LogP contribution >= 0.6 is 11.6 Å². The van der Waals surface area contributed by atoms with Crippen molar-refractivity contribution in [2.75, 3.05) is 4.90 Å². The number of carbonyl (C=O) groups is 2. The third kappa shape index (κ3) is 3.98. The normalized spacial score (nSPS) is 17.6. The predicted octanol–water partition coefficient (Wildman–Crippen LogP) is 5.68. The molecule has 1 saturated heterocycles. The van der Waals surface area contributed by atoms with E-state index in [1.165, 1.54) is 48.2 Å². The zero-order valence-electron chi connectivity index (χ0n) is 18.0. The molecule has 0 saturated carbocycles. The quantitative estimate of drug-likeness (QED) is 0.295. The van der Waals surface area contributed by atoms with Gasteiger partial charge in [0, 0.05) is 11.3 Å². The number of rotatable bonds is 4. The number of amides is 1. The number of nitrogens with zero attached hydrogens (tertiary/aromatic N) is 1. The molecule has 0 bridgehead atoms. The number of benzene rings is 3. The molecule has 0 spiro atoms. The Morgan fingerprint density at radius 2 is 1.76 bits per heavy atom. The summed E-state index contributed by atoms with van der Waals surface area (Å²) in [7, 11) is 0. The molecule has 1 heterocycles. The molecule has 1 amide bonds. The highest BCUT2D eigenvalue weighted by Crippen LogP contribution is 2.43. The molecule has 4 rings (SSSR count). The summed E-state index contributed by atoms with van der Waals surface area (Å²) in [6, 6.07) is 14.5. The fraction of sp³-hybridized carbons (Fsp3) is 0.154. The Morgan fingerprint density at radius 3 is 2.36 bits per heavy atom. The van der Waals surface area contributed by atoms with Gasteiger partial charge in [0.25, 0.3) is 11.7 Å². The van der Waals surface area contributed by atoms with E-state index in [4.69, 9.17) is 11.6 Å². The van der Waals surface area contributed by atoms with Gasteiger partial charge in [-0.15, -0.1) is 0 Å². The van der Waals surface area contributed by atoms with E-state index in [2.05, 4.69) is 0 Å². The van der Waals surface area contributed by atoms with Gasteiger partial charge in [-0.1, -0.05) is 36.7 Å². The SMILES string of the molecule is CCc1ccc(N2C(=O)C(=O)/C(=C(\O)c3ccc(F)c(C)c3)C2c2ccc(O)c(Cl)c2)cc1. The summed E-state index contributed by atoms with van der Waals surface area (Å²) in [5.41, 5.74) is 2.30. The monoisotopic (exact) mass is 465 g/mol. The summed E-state index contributed by atoms with van der Waals surface area (Å²) in [4.78, 5) is 27.6. The van der Waals surface area contributed by atoms with E-state index in [0.717, 1.165) is 12.0 Å². The molecule has 1 aliphatic rings. The first-order chi connectivity index (χ1) is 15.7. The molecule has 168 valence electrons. The minimum Gasteiger partial charge on any atom is -0.507 e. The number of aromatic hydroxyl groups is 1. The second-order valence-corrected chi connectivity index (χ2v) is 8.27. The Balaban J connectivity index is 1.95. The Kier molecular flexibility index (Phi) is 5.95. The number of aliphatic hydroxyl groups excluding tert-OH is 1. The minimum atomic E-state index is -0.999. The average molecular weight is 466 g/mol. The van der Waals surface area contributed by atoms with Crippen LogP contribution in [0, 0.1) is 12.7 Å². The lowest BCUT2D eigenvalue weighted by molar-refractivity contribution is -0.132. The van der Waals surface area contributed by atoms with Crippen LogP contribution in [-0.2, 0) is 16.0 Å². The molecule has 0 radical (unpaired) electrons. The third-order valence-corrected chi connectivity index (χ3v) is 6.09. The molecular formula is C26H21ClFNO4. The summed E-state index contributed by atoms with van der Waals surface area (Å²) in [6.45, 7) is 3.54. The van der Waals surface area contributed by atoms with Crippen LogP contribution in [0.5, 0.6) is 5.75 Å². The molecule has 7 heteroatoms. The molecular weight excluding hydrogens is 445 g/mol. The lowest BCUT2D eigenvalue weighted by Gasteiger charge is -2.26. The first kappa shape index (κ1) is 22.6. The highest BCUT2D eigenvalue weighted by molar-refractivity contribution is 6.51. The van der Waals surface area contributed by atoms with Crippen molar-refractivity contribution in [2.45, 2.75) is 26.3 Å². The highest BCUT2D eigenvalue weighted by atomic mass is 35.5. The van der Waals surface area contributed by atoms with Gasteiger partial charge in [0.1, 0.15) is 17.3 Å². The number of ketones is 1. The molecule has 1 aliphatic heterocycles. The van der Waals surface area contributed by atoms with Gasteiger partial charge in [0.05, 0.1) is 16.6 Å². The van der Waals surface area contributed by atoms with Crippen LogP contribution < -0.4 is 4.90 Å². The molecule has 1 atom stereocenters. The summed E-state index contributed by atoms with van der Waals surface area (Å²) < 4.78 is 13.8. The van der Waals surface area contributed by atoms with Crippen LogP contribution in [0.15, 0.2) is 66.2 Å². The number of phenolic OH excluding ortho intramolecular Hbond substituents is 1. The predicted molar refractivity (Wildman–Crippen MR) is 125 cm³/mol. The summed E-state index contributed by atoms with van der Waals surface area (Å²) in [5, 5.41) is 21.0. The van der Waals surface area contributed by atoms with E-state index in [1.807, 2.05) is 19.1 Å². The van der Waals surface area contributed by atoms with Gasteiger partial charge in [0.15, 0.2) is 0 Å². The molecule has 3 aromatic carbocycles. The topological polar surface area (TPSA) is 77.8 Å². The van der Waals surface area contributed by atoms with Crippen molar-refractivity contribution < 1.29 is 24.2 Å². The minimum absolute atomic E-state index is 0.0389. The van der Waals surface area contributed by atoms with E-state index < -0.39 is 29.3 Å². The van der Waals surface area contributed by atoms with E-state index in [1.54, 1.807) is 12.1 Å². The second kappa shape index (κ2) is 8.71. The number of halogens is 2. The van der Waals surface area contributed by atoms with Crippen LogP contribution in [-0.4, -0.2) is 21.9 Å². The van der Waals surface area contributed by atoms with Crippen molar-refractivity contribution in [2.24, 2.45) is 0 Å². The first-order valence-electron chi connectivity index (χ1n) is 10.4. The summed E-state index contributed by atoms with van der Waals surface area (Å²) >= 11 is 6.12. The van der Waals surface area contributed by atoms with Crippen LogP contribution in [0.25, 0.3) is 5.76 Å². The van der Waals surface area contributed by atoms with E-state index >= 15 is 0 Å². The third-order valence-electron chi connectivity index (χ3n) is 5.79. The molecule has 1 unspecified atom stereocenters. The molecule has 2 N–H and O–H groups in total. The van der Waals surface area contributed by atoms with Crippen molar-refractivity contribution in [3.05, 3.63) is 99.3 Å². The lowest BCUT2D eigenvalue weighted by atomic mass is 9.94. The second-order valence-electron chi connectivity index (χ2n) is 7.86. The van der Waals surface area contributed by atoms with Gasteiger partial charge < -0.3 is 10.2 Å². The number of Topliss-reactive ketones (excluding diaryl/α,β-unsaturated/α-hetero) is 1. The number of aryl methyl sites for hydroxylation is 2. The maximum atomic E-state index is 13.8. The van der Waals surface area contributed by atoms with E-state index in [9.17, 15) is 24.2 Å². The lowest BCUT2D eigenvalue weighted by Crippen LogP contribution is -2.29. The number of aliphatic hydroxyl groups is 1. The van der Waals surface area contributed by atoms with Gasteiger partial charge in [0.2, 0.25) is 0 Å². The fourth-order valence-corrected chi connectivity index (χ4v) is 4.14.